The molecule has 0 aromatic heterocycles. The lowest BCUT2D eigenvalue weighted by Gasteiger charge is -2.08. The number of aryl methyl sites for hydroxylation is 1. The van der Waals surface area contributed by atoms with Crippen LogP contribution in [0.3, 0.4) is 0 Å². The Morgan fingerprint density at radius 2 is 1.96 bits per heavy atom. The number of phenols is 2. The second-order valence-electron chi connectivity index (χ2n) is 5.37. The molecular weight excluding hydrogens is 312 g/mol. The third-order valence-electron chi connectivity index (χ3n) is 3.77. The number of carbonyl (C=O) groups excluding carboxylic acids is 1. The van der Waals surface area contributed by atoms with Crippen LogP contribution in [-0.2, 0) is 0 Å². The largest absolute Gasteiger partial charge is 0.508 e. The number of fused-ring (bicyclic) bond motifs is 1. The Balaban J connectivity index is 1.75. The lowest BCUT2D eigenvalue weighted by molar-refractivity contribution is 0.0954. The summed E-state index contributed by atoms with van der Waals surface area (Å²) in [6.45, 7) is 3.45. The van der Waals surface area contributed by atoms with Gasteiger partial charge in [0.25, 0.3) is 5.91 Å². The first-order valence-corrected chi connectivity index (χ1v) is 7.22. The highest BCUT2D eigenvalue weighted by molar-refractivity contribution is 5.96. The maximum atomic E-state index is 12.1. The van der Waals surface area contributed by atoms with Crippen molar-refractivity contribution in [3.05, 3.63) is 46.5 Å². The van der Waals surface area contributed by atoms with Gasteiger partial charge in [-0.05, 0) is 43.7 Å². The average Bonchev–Trinajstić information content (AvgIpc) is 3.03. The molecule has 0 atom stereocenters. The third kappa shape index (κ3) is 2.83. The van der Waals surface area contributed by atoms with Crippen LogP contribution >= 0.6 is 0 Å². The molecule has 1 amide bonds. The number of hydrogen-bond acceptors (Lipinski definition) is 6. The summed E-state index contributed by atoms with van der Waals surface area (Å²) in [5.74, 6) is 0.613. The van der Waals surface area contributed by atoms with Crippen molar-refractivity contribution < 1.29 is 24.5 Å². The Morgan fingerprint density at radius 3 is 2.75 bits per heavy atom. The molecule has 2 aromatic rings. The zero-order chi connectivity index (χ0) is 17.3. The van der Waals surface area contributed by atoms with Gasteiger partial charge in [-0.25, -0.2) is 5.43 Å². The Hall–Kier alpha value is -3.22. The fourth-order valence-electron chi connectivity index (χ4n) is 2.32. The first kappa shape index (κ1) is 15.7. The summed E-state index contributed by atoms with van der Waals surface area (Å²) in [7, 11) is 0. The van der Waals surface area contributed by atoms with E-state index in [0.29, 0.717) is 33.8 Å². The number of ether oxygens (including phenoxy) is 2. The maximum absolute atomic E-state index is 12.1. The van der Waals surface area contributed by atoms with E-state index in [0.717, 1.165) is 0 Å². The number of rotatable bonds is 3. The summed E-state index contributed by atoms with van der Waals surface area (Å²) in [4.78, 5) is 12.1. The fraction of sp³-hybridized carbons (Fsp3) is 0.176. The normalized spacial score (nSPS) is 12.6. The highest BCUT2D eigenvalue weighted by Crippen LogP contribution is 2.33. The molecule has 0 spiro atoms. The van der Waals surface area contributed by atoms with Crippen LogP contribution in [0.2, 0.25) is 0 Å². The number of carbonyl (C=O) groups is 1. The molecular formula is C17H16N2O5. The number of benzene rings is 2. The number of nitrogens with one attached hydrogen (secondary N) is 1. The SMILES string of the molecule is Cc1cc(O)c(C)c(O)c1C=NNC(=O)c1ccc2c(c1)OCO2. The van der Waals surface area contributed by atoms with Crippen molar-refractivity contribution >= 4 is 12.1 Å². The van der Waals surface area contributed by atoms with E-state index in [9.17, 15) is 15.0 Å². The molecule has 0 saturated carbocycles. The van der Waals surface area contributed by atoms with Gasteiger partial charge >= 0.3 is 0 Å². The molecule has 1 aliphatic heterocycles. The van der Waals surface area contributed by atoms with Crippen LogP contribution in [0.4, 0.5) is 0 Å². The number of phenolic OH excluding ortho intramolecular Hbond substituents is 2. The molecule has 0 unspecified atom stereocenters. The van der Waals surface area contributed by atoms with Gasteiger partial charge in [-0.2, -0.15) is 5.10 Å². The summed E-state index contributed by atoms with van der Waals surface area (Å²) < 4.78 is 10.4. The van der Waals surface area contributed by atoms with Crippen LogP contribution in [0, 0.1) is 13.8 Å². The quantitative estimate of drug-likeness (QED) is 0.592. The number of aromatic hydroxyl groups is 2. The maximum Gasteiger partial charge on any atom is 0.271 e. The smallest absolute Gasteiger partial charge is 0.271 e. The first-order chi connectivity index (χ1) is 11.5. The summed E-state index contributed by atoms with van der Waals surface area (Å²) in [6, 6.07) is 6.35. The van der Waals surface area contributed by atoms with E-state index < -0.39 is 5.91 Å². The lowest BCUT2D eigenvalue weighted by atomic mass is 10.0. The highest BCUT2D eigenvalue weighted by Gasteiger charge is 2.16. The number of amides is 1. The van der Waals surface area contributed by atoms with Gasteiger partial charge in [0.2, 0.25) is 6.79 Å². The lowest BCUT2D eigenvalue weighted by Crippen LogP contribution is -2.17. The van der Waals surface area contributed by atoms with E-state index in [2.05, 4.69) is 10.5 Å². The molecule has 24 heavy (non-hydrogen) atoms. The summed E-state index contributed by atoms with van der Waals surface area (Å²) in [5.41, 5.74) is 4.18. The van der Waals surface area contributed by atoms with Crippen molar-refractivity contribution in [1.29, 1.82) is 0 Å². The van der Waals surface area contributed by atoms with Gasteiger partial charge in [0, 0.05) is 16.7 Å². The van der Waals surface area contributed by atoms with Crippen molar-refractivity contribution in [3.63, 3.8) is 0 Å². The second kappa shape index (κ2) is 6.11. The Bertz CT molecular complexity index is 845. The average molecular weight is 328 g/mol. The van der Waals surface area contributed by atoms with E-state index in [1.54, 1.807) is 32.0 Å². The Kier molecular flexibility index (Phi) is 3.99. The van der Waals surface area contributed by atoms with Crippen molar-refractivity contribution in [1.82, 2.24) is 5.43 Å². The fourth-order valence-corrected chi connectivity index (χ4v) is 2.32. The molecule has 124 valence electrons. The van der Waals surface area contributed by atoms with E-state index in [-0.39, 0.29) is 18.3 Å². The zero-order valence-corrected chi connectivity index (χ0v) is 13.2. The van der Waals surface area contributed by atoms with Crippen LogP contribution in [-0.4, -0.2) is 29.1 Å². The van der Waals surface area contributed by atoms with Gasteiger partial charge in [0.15, 0.2) is 11.5 Å². The van der Waals surface area contributed by atoms with Crippen molar-refractivity contribution in [3.8, 4) is 23.0 Å². The second-order valence-corrected chi connectivity index (χ2v) is 5.37. The van der Waals surface area contributed by atoms with E-state index >= 15 is 0 Å². The minimum Gasteiger partial charge on any atom is -0.508 e. The van der Waals surface area contributed by atoms with Crippen LogP contribution in [0.15, 0.2) is 29.4 Å². The molecule has 0 fully saturated rings. The van der Waals surface area contributed by atoms with Crippen molar-refractivity contribution in [2.24, 2.45) is 5.10 Å². The molecule has 0 aliphatic carbocycles. The van der Waals surface area contributed by atoms with Crippen LogP contribution in [0.25, 0.3) is 0 Å². The molecule has 1 heterocycles. The standard InChI is InChI=1S/C17H16N2O5/c1-9-5-13(20)10(2)16(21)12(9)7-18-19-17(22)11-3-4-14-15(6-11)24-8-23-14/h3-7,20-21H,8H2,1-2H3,(H,19,22). The predicted molar refractivity (Wildman–Crippen MR) is 86.9 cm³/mol. The molecule has 0 saturated heterocycles. The molecule has 3 rings (SSSR count). The van der Waals surface area contributed by atoms with Gasteiger partial charge < -0.3 is 19.7 Å². The van der Waals surface area contributed by atoms with Crippen molar-refractivity contribution in [2.75, 3.05) is 6.79 Å². The molecule has 7 nitrogen and oxygen atoms in total. The minimum atomic E-state index is -0.419. The highest BCUT2D eigenvalue weighted by atomic mass is 16.7. The third-order valence-corrected chi connectivity index (χ3v) is 3.77. The minimum absolute atomic E-state index is 0.00606. The number of hydrogen-bond donors (Lipinski definition) is 3. The van der Waals surface area contributed by atoms with Gasteiger partial charge in [-0.1, -0.05) is 0 Å². The van der Waals surface area contributed by atoms with Gasteiger partial charge in [-0.15, -0.1) is 0 Å². The number of nitrogens with zero attached hydrogens (tertiary/aromatic N) is 1. The molecule has 2 aromatic carbocycles. The van der Waals surface area contributed by atoms with Crippen molar-refractivity contribution in [2.45, 2.75) is 13.8 Å². The zero-order valence-electron chi connectivity index (χ0n) is 13.2. The van der Waals surface area contributed by atoms with Gasteiger partial charge in [0.05, 0.1) is 6.21 Å². The molecule has 3 N–H and O–H groups in total. The van der Waals surface area contributed by atoms with E-state index in [1.165, 1.54) is 12.3 Å². The topological polar surface area (TPSA) is 100 Å². The van der Waals surface area contributed by atoms with E-state index in [4.69, 9.17) is 9.47 Å². The number of hydrazone groups is 1. The Morgan fingerprint density at radius 1 is 1.21 bits per heavy atom. The summed E-state index contributed by atoms with van der Waals surface area (Å²) in [5, 5.41) is 23.6. The summed E-state index contributed by atoms with van der Waals surface area (Å²) >= 11 is 0. The predicted octanol–water partition coefficient (Wildman–Crippen LogP) is 2.21. The molecule has 7 heteroatoms. The van der Waals surface area contributed by atoms with Gasteiger partial charge in [0.1, 0.15) is 11.5 Å². The Labute approximate surface area is 138 Å². The molecule has 0 radical (unpaired) electrons. The molecule has 0 bridgehead atoms. The molecule has 1 aliphatic rings. The van der Waals surface area contributed by atoms with Crippen LogP contribution in [0.1, 0.15) is 27.0 Å². The van der Waals surface area contributed by atoms with Gasteiger partial charge in [-0.3, -0.25) is 4.79 Å². The summed E-state index contributed by atoms with van der Waals surface area (Å²) in [6.07, 6.45) is 1.34. The van der Waals surface area contributed by atoms with E-state index in [1.807, 2.05) is 0 Å². The first-order valence-electron chi connectivity index (χ1n) is 7.22. The monoisotopic (exact) mass is 328 g/mol. The van der Waals surface area contributed by atoms with Crippen LogP contribution in [0.5, 0.6) is 23.0 Å². The van der Waals surface area contributed by atoms with Crippen LogP contribution < -0.4 is 14.9 Å².